The minimum absolute atomic E-state index is 0.164. The van der Waals surface area contributed by atoms with E-state index < -0.39 is 0 Å². The van der Waals surface area contributed by atoms with Crippen molar-refractivity contribution in [1.29, 1.82) is 0 Å². The molecule has 1 aliphatic rings. The fraction of sp³-hybridized carbons (Fsp3) is 0.409. The number of benzene rings is 2. The topological polar surface area (TPSA) is 54.0 Å². The molecule has 2 aromatic rings. The highest BCUT2D eigenvalue weighted by Gasteiger charge is 2.19. The number of methoxy groups -OCH3 is 1. The zero-order valence-corrected chi connectivity index (χ0v) is 16.9. The van der Waals surface area contributed by atoms with E-state index in [0.29, 0.717) is 23.7 Å². The molecular formula is C22H29N3O3. The molecule has 0 atom stereocenters. The number of hydrogen-bond donors (Lipinski definition) is 1. The Labute approximate surface area is 167 Å². The molecule has 150 valence electrons. The Morgan fingerprint density at radius 1 is 1.04 bits per heavy atom. The monoisotopic (exact) mass is 383 g/mol. The van der Waals surface area contributed by atoms with E-state index in [1.807, 2.05) is 25.1 Å². The van der Waals surface area contributed by atoms with Gasteiger partial charge in [0.05, 0.1) is 25.1 Å². The molecule has 0 saturated carbocycles. The fourth-order valence-electron chi connectivity index (χ4n) is 3.44. The molecule has 3 rings (SSSR count). The van der Waals surface area contributed by atoms with Crippen LogP contribution in [-0.2, 0) is 0 Å². The molecule has 1 aliphatic heterocycles. The van der Waals surface area contributed by atoms with Crippen LogP contribution in [0, 0.1) is 0 Å². The van der Waals surface area contributed by atoms with Gasteiger partial charge < -0.3 is 24.6 Å². The van der Waals surface area contributed by atoms with Crippen molar-refractivity contribution in [2.24, 2.45) is 0 Å². The van der Waals surface area contributed by atoms with Crippen molar-refractivity contribution in [3.8, 4) is 11.5 Å². The molecule has 1 heterocycles. The molecule has 6 nitrogen and oxygen atoms in total. The van der Waals surface area contributed by atoms with Gasteiger partial charge in [0, 0.05) is 31.7 Å². The van der Waals surface area contributed by atoms with E-state index in [-0.39, 0.29) is 5.91 Å². The minimum Gasteiger partial charge on any atom is -0.493 e. The summed E-state index contributed by atoms with van der Waals surface area (Å²) in [5.74, 6) is 1.03. The van der Waals surface area contributed by atoms with Gasteiger partial charge in [-0.3, -0.25) is 4.79 Å². The van der Waals surface area contributed by atoms with E-state index in [1.54, 1.807) is 25.3 Å². The summed E-state index contributed by atoms with van der Waals surface area (Å²) in [6, 6.07) is 13.2. The molecule has 0 spiro atoms. The summed E-state index contributed by atoms with van der Waals surface area (Å²) in [4.78, 5) is 17.6. The first-order valence-corrected chi connectivity index (χ1v) is 9.84. The molecule has 28 heavy (non-hydrogen) atoms. The highest BCUT2D eigenvalue weighted by Crippen LogP contribution is 2.30. The first-order chi connectivity index (χ1) is 13.7. The van der Waals surface area contributed by atoms with Crippen molar-refractivity contribution >= 4 is 17.3 Å². The molecule has 0 aromatic heterocycles. The molecule has 1 amide bonds. The number of likely N-dealkylation sites (N-methyl/N-ethyl adjacent to an activating group) is 1. The summed E-state index contributed by atoms with van der Waals surface area (Å²) in [5.41, 5.74) is 2.42. The number of piperazine rings is 1. The van der Waals surface area contributed by atoms with Gasteiger partial charge in [-0.2, -0.15) is 0 Å². The number of amides is 1. The Balaban J connectivity index is 1.77. The highest BCUT2D eigenvalue weighted by molar-refractivity contribution is 6.06. The molecule has 0 aliphatic carbocycles. The van der Waals surface area contributed by atoms with Crippen LogP contribution in [0.3, 0.4) is 0 Å². The number of nitrogens with one attached hydrogen (secondary N) is 1. The van der Waals surface area contributed by atoms with E-state index in [0.717, 1.165) is 44.1 Å². The molecule has 0 bridgehead atoms. The summed E-state index contributed by atoms with van der Waals surface area (Å²) < 4.78 is 10.9. The zero-order valence-electron chi connectivity index (χ0n) is 16.9. The number of rotatable bonds is 7. The third kappa shape index (κ3) is 4.57. The average Bonchev–Trinajstić information content (AvgIpc) is 2.74. The average molecular weight is 383 g/mol. The molecule has 6 heteroatoms. The van der Waals surface area contributed by atoms with Crippen LogP contribution in [0.5, 0.6) is 11.5 Å². The van der Waals surface area contributed by atoms with Gasteiger partial charge in [0.15, 0.2) is 11.5 Å². The maximum absolute atomic E-state index is 12.9. The third-order valence-electron chi connectivity index (χ3n) is 5.04. The SMILES string of the molecule is CCOc1cc(C(=O)Nc2ccccc2N2CCN(CC)CC2)ccc1OC. The van der Waals surface area contributed by atoms with Gasteiger partial charge in [0.25, 0.3) is 5.91 Å². The quantitative estimate of drug-likeness (QED) is 0.793. The van der Waals surface area contributed by atoms with Gasteiger partial charge >= 0.3 is 0 Å². The molecule has 0 radical (unpaired) electrons. The van der Waals surface area contributed by atoms with Gasteiger partial charge in [-0.25, -0.2) is 0 Å². The molecule has 0 unspecified atom stereocenters. The Hall–Kier alpha value is -2.73. The largest absolute Gasteiger partial charge is 0.493 e. The first-order valence-electron chi connectivity index (χ1n) is 9.84. The van der Waals surface area contributed by atoms with Crippen molar-refractivity contribution < 1.29 is 14.3 Å². The van der Waals surface area contributed by atoms with Crippen LogP contribution in [0.15, 0.2) is 42.5 Å². The second-order valence-corrected chi connectivity index (χ2v) is 6.69. The van der Waals surface area contributed by atoms with Crippen molar-refractivity contribution in [2.75, 3.05) is 56.7 Å². The van der Waals surface area contributed by atoms with E-state index in [1.165, 1.54) is 0 Å². The van der Waals surface area contributed by atoms with Crippen LogP contribution in [0.25, 0.3) is 0 Å². The van der Waals surface area contributed by atoms with E-state index >= 15 is 0 Å². The van der Waals surface area contributed by atoms with Crippen LogP contribution in [0.2, 0.25) is 0 Å². The van der Waals surface area contributed by atoms with Crippen molar-refractivity contribution in [1.82, 2.24) is 4.90 Å². The molecule has 1 fully saturated rings. The van der Waals surface area contributed by atoms with Crippen LogP contribution < -0.4 is 19.7 Å². The van der Waals surface area contributed by atoms with Gasteiger partial charge in [-0.05, 0) is 43.8 Å². The Bertz CT molecular complexity index is 801. The molecule has 1 N–H and O–H groups in total. The summed E-state index contributed by atoms with van der Waals surface area (Å²) in [5, 5.41) is 3.07. The Morgan fingerprint density at radius 3 is 2.46 bits per heavy atom. The molecule has 1 saturated heterocycles. The standard InChI is InChI=1S/C22H29N3O3/c1-4-24-12-14-25(15-13-24)19-9-7-6-8-18(19)23-22(26)17-10-11-20(27-3)21(16-17)28-5-2/h6-11,16H,4-5,12-15H2,1-3H3,(H,23,26). The van der Waals surface area contributed by atoms with Gasteiger partial charge in [0.2, 0.25) is 0 Å². The van der Waals surface area contributed by atoms with Crippen LogP contribution in [0.4, 0.5) is 11.4 Å². The first kappa shape index (κ1) is 20.0. The van der Waals surface area contributed by atoms with E-state index in [2.05, 4.69) is 28.1 Å². The molecular weight excluding hydrogens is 354 g/mol. The summed E-state index contributed by atoms with van der Waals surface area (Å²) >= 11 is 0. The number of nitrogens with zero attached hydrogens (tertiary/aromatic N) is 2. The van der Waals surface area contributed by atoms with Crippen LogP contribution in [-0.4, -0.2) is 57.2 Å². The third-order valence-corrected chi connectivity index (χ3v) is 5.04. The van der Waals surface area contributed by atoms with Crippen LogP contribution in [0.1, 0.15) is 24.2 Å². The maximum Gasteiger partial charge on any atom is 0.255 e. The smallest absolute Gasteiger partial charge is 0.255 e. The molecule has 2 aromatic carbocycles. The van der Waals surface area contributed by atoms with Crippen molar-refractivity contribution in [3.63, 3.8) is 0 Å². The number of ether oxygens (including phenoxy) is 2. The normalized spacial score (nSPS) is 14.6. The number of para-hydroxylation sites is 2. The lowest BCUT2D eigenvalue weighted by Gasteiger charge is -2.36. The number of carbonyl (C=O) groups is 1. The van der Waals surface area contributed by atoms with E-state index in [4.69, 9.17) is 9.47 Å². The fourth-order valence-corrected chi connectivity index (χ4v) is 3.44. The number of carbonyl (C=O) groups excluding carboxylic acids is 1. The number of hydrogen-bond acceptors (Lipinski definition) is 5. The Kier molecular flexibility index (Phi) is 6.76. The summed E-state index contributed by atoms with van der Waals surface area (Å²) in [6.07, 6.45) is 0. The predicted molar refractivity (Wildman–Crippen MR) is 113 cm³/mol. The predicted octanol–water partition coefficient (Wildman–Crippen LogP) is 3.49. The Morgan fingerprint density at radius 2 is 1.79 bits per heavy atom. The van der Waals surface area contributed by atoms with Crippen molar-refractivity contribution in [3.05, 3.63) is 48.0 Å². The lowest BCUT2D eigenvalue weighted by molar-refractivity contribution is 0.102. The van der Waals surface area contributed by atoms with Crippen LogP contribution >= 0.6 is 0 Å². The second kappa shape index (κ2) is 9.46. The summed E-state index contributed by atoms with van der Waals surface area (Å²) in [7, 11) is 1.59. The number of anilines is 2. The van der Waals surface area contributed by atoms with E-state index in [9.17, 15) is 4.79 Å². The van der Waals surface area contributed by atoms with Gasteiger partial charge in [-0.15, -0.1) is 0 Å². The lowest BCUT2D eigenvalue weighted by Crippen LogP contribution is -2.46. The van der Waals surface area contributed by atoms with Crippen molar-refractivity contribution in [2.45, 2.75) is 13.8 Å². The summed E-state index contributed by atoms with van der Waals surface area (Å²) in [6.45, 7) is 9.66. The maximum atomic E-state index is 12.9. The highest BCUT2D eigenvalue weighted by atomic mass is 16.5. The second-order valence-electron chi connectivity index (χ2n) is 6.69. The minimum atomic E-state index is -0.164. The lowest BCUT2D eigenvalue weighted by atomic mass is 10.1. The van der Waals surface area contributed by atoms with Gasteiger partial charge in [-0.1, -0.05) is 19.1 Å². The zero-order chi connectivity index (χ0) is 19.9. The van der Waals surface area contributed by atoms with Gasteiger partial charge in [0.1, 0.15) is 0 Å².